The quantitative estimate of drug-likeness (QED) is 0.826. The van der Waals surface area contributed by atoms with Crippen LogP contribution in [0.25, 0.3) is 0 Å². The monoisotopic (exact) mass is 335 g/mol. The molecule has 0 amide bonds. The molecule has 2 rings (SSSR count). The van der Waals surface area contributed by atoms with Crippen LogP contribution in [-0.4, -0.2) is 24.7 Å². The van der Waals surface area contributed by atoms with Gasteiger partial charge >= 0.3 is 0 Å². The molecule has 0 saturated heterocycles. The molecule has 0 atom stereocenters. The summed E-state index contributed by atoms with van der Waals surface area (Å²) in [6, 6.07) is 2.03. The highest BCUT2D eigenvalue weighted by Crippen LogP contribution is 2.25. The average molecular weight is 335 g/mol. The average Bonchev–Trinajstić information content (AvgIpc) is 2.87. The summed E-state index contributed by atoms with van der Waals surface area (Å²) in [7, 11) is -3.50. The highest BCUT2D eigenvalue weighted by Gasteiger charge is 2.21. The van der Waals surface area contributed by atoms with E-state index in [9.17, 15) is 8.42 Å². The maximum Gasteiger partial charge on any atom is 0.241 e. The Hall–Kier alpha value is -1.66. The first-order valence-electron chi connectivity index (χ1n) is 7.78. The van der Waals surface area contributed by atoms with Gasteiger partial charge in [-0.15, -0.1) is 0 Å². The van der Waals surface area contributed by atoms with Crippen molar-refractivity contribution >= 4 is 10.0 Å². The maximum atomic E-state index is 12.7. The minimum absolute atomic E-state index is 0.396. The molecule has 23 heavy (non-hydrogen) atoms. The van der Waals surface area contributed by atoms with Crippen LogP contribution in [0.5, 0.6) is 0 Å². The van der Waals surface area contributed by atoms with Crippen LogP contribution < -0.4 is 4.72 Å². The molecule has 0 saturated carbocycles. The van der Waals surface area contributed by atoms with Gasteiger partial charge in [-0.2, -0.15) is 5.10 Å². The van der Waals surface area contributed by atoms with E-state index >= 15 is 0 Å². The Morgan fingerprint density at radius 1 is 1.09 bits per heavy atom. The maximum absolute atomic E-state index is 12.7. The largest absolute Gasteiger partial charge is 0.272 e. The van der Waals surface area contributed by atoms with Gasteiger partial charge in [-0.3, -0.25) is 4.68 Å². The molecule has 1 aromatic heterocycles. The number of rotatable bonds is 6. The van der Waals surface area contributed by atoms with E-state index in [0.29, 0.717) is 24.4 Å². The Kier molecular flexibility index (Phi) is 5.26. The number of aryl methyl sites for hydroxylation is 4. The summed E-state index contributed by atoms with van der Waals surface area (Å²) in [6.45, 7) is 10.7. The molecule has 0 radical (unpaired) electrons. The second-order valence-electron chi connectivity index (χ2n) is 6.12. The predicted molar refractivity (Wildman–Crippen MR) is 92.2 cm³/mol. The van der Waals surface area contributed by atoms with E-state index in [4.69, 9.17) is 0 Å². The normalized spacial score (nSPS) is 11.9. The van der Waals surface area contributed by atoms with Gasteiger partial charge in [0.05, 0.1) is 11.1 Å². The summed E-state index contributed by atoms with van der Waals surface area (Å²) in [4.78, 5) is 0.421. The molecule has 1 heterocycles. The summed E-state index contributed by atoms with van der Waals surface area (Å²) in [5, 5.41) is 4.20. The van der Waals surface area contributed by atoms with Crippen molar-refractivity contribution in [1.29, 1.82) is 0 Å². The predicted octanol–water partition coefficient (Wildman–Crippen LogP) is 2.79. The van der Waals surface area contributed by atoms with Crippen LogP contribution in [0.15, 0.2) is 23.4 Å². The van der Waals surface area contributed by atoms with E-state index < -0.39 is 10.0 Å². The second-order valence-corrected chi connectivity index (χ2v) is 7.83. The highest BCUT2D eigenvalue weighted by molar-refractivity contribution is 7.89. The molecule has 0 spiro atoms. The molecule has 1 aromatic carbocycles. The zero-order chi connectivity index (χ0) is 17.2. The van der Waals surface area contributed by atoms with Crippen molar-refractivity contribution in [3.05, 3.63) is 46.3 Å². The van der Waals surface area contributed by atoms with Crippen LogP contribution in [-0.2, 0) is 16.6 Å². The molecule has 5 nitrogen and oxygen atoms in total. The van der Waals surface area contributed by atoms with Gasteiger partial charge in [0.15, 0.2) is 0 Å². The molecule has 2 aromatic rings. The zero-order valence-electron chi connectivity index (χ0n) is 14.5. The van der Waals surface area contributed by atoms with Crippen molar-refractivity contribution in [2.45, 2.75) is 52.5 Å². The summed E-state index contributed by atoms with van der Waals surface area (Å²) in [5.41, 5.74) is 4.75. The third-order valence-corrected chi connectivity index (χ3v) is 5.92. The Bertz CT molecular complexity index is 781. The molecule has 0 aliphatic heterocycles. The van der Waals surface area contributed by atoms with Crippen molar-refractivity contribution in [1.82, 2.24) is 14.5 Å². The van der Waals surface area contributed by atoms with Gasteiger partial charge in [-0.1, -0.05) is 6.07 Å². The van der Waals surface area contributed by atoms with E-state index in [2.05, 4.69) is 9.82 Å². The fourth-order valence-corrected chi connectivity index (χ4v) is 4.38. The molecule has 0 fully saturated rings. The minimum Gasteiger partial charge on any atom is -0.272 e. The Morgan fingerprint density at radius 3 is 2.22 bits per heavy atom. The number of hydrogen-bond acceptors (Lipinski definition) is 3. The van der Waals surface area contributed by atoms with Crippen LogP contribution in [0, 0.1) is 34.6 Å². The molecule has 0 bridgehead atoms. The summed E-state index contributed by atoms with van der Waals surface area (Å²) < 4.78 is 29.9. The van der Waals surface area contributed by atoms with Gasteiger partial charge in [-0.05, 0) is 68.9 Å². The number of hydrogen-bond donors (Lipinski definition) is 1. The Morgan fingerprint density at radius 2 is 1.70 bits per heavy atom. The van der Waals surface area contributed by atoms with E-state index in [1.54, 1.807) is 6.20 Å². The molecule has 126 valence electrons. The van der Waals surface area contributed by atoms with Gasteiger partial charge in [0, 0.05) is 19.3 Å². The summed E-state index contributed by atoms with van der Waals surface area (Å²) in [6.07, 6.45) is 4.45. The van der Waals surface area contributed by atoms with E-state index in [1.165, 1.54) is 0 Å². The van der Waals surface area contributed by atoms with Gasteiger partial charge in [0.25, 0.3) is 0 Å². The van der Waals surface area contributed by atoms with Crippen molar-refractivity contribution in [3.63, 3.8) is 0 Å². The number of sulfonamides is 1. The van der Waals surface area contributed by atoms with Crippen molar-refractivity contribution in [2.75, 3.05) is 6.54 Å². The molecule has 1 N–H and O–H groups in total. The van der Waals surface area contributed by atoms with Crippen LogP contribution in [0.2, 0.25) is 0 Å². The van der Waals surface area contributed by atoms with Gasteiger partial charge < -0.3 is 0 Å². The van der Waals surface area contributed by atoms with E-state index in [1.807, 2.05) is 51.6 Å². The molecule has 0 aliphatic carbocycles. The fraction of sp³-hybridized carbons (Fsp3) is 0.471. The summed E-state index contributed by atoms with van der Waals surface area (Å²) >= 11 is 0. The first-order valence-corrected chi connectivity index (χ1v) is 9.27. The SMILES string of the molecule is Cc1cnn(CCCNS(=O)(=O)c2c(C)c(C)cc(C)c2C)c1. The molecular weight excluding hydrogens is 310 g/mol. The number of aromatic nitrogens is 2. The molecule has 0 unspecified atom stereocenters. The van der Waals surface area contributed by atoms with Crippen LogP contribution in [0.1, 0.15) is 34.2 Å². The molecule has 6 heteroatoms. The standard InChI is InChI=1S/C17H25N3O2S/c1-12-10-18-20(11-12)8-6-7-19-23(21,22)17-15(4)13(2)9-14(3)16(17)5/h9-11,19H,6-8H2,1-5H3. The lowest BCUT2D eigenvalue weighted by Gasteiger charge is -2.16. The Labute approximate surface area is 138 Å². The molecular formula is C17H25N3O2S. The van der Waals surface area contributed by atoms with Crippen LogP contribution >= 0.6 is 0 Å². The van der Waals surface area contributed by atoms with E-state index in [-0.39, 0.29) is 0 Å². The first kappa shape index (κ1) is 17.7. The van der Waals surface area contributed by atoms with E-state index in [0.717, 1.165) is 27.8 Å². The summed E-state index contributed by atoms with van der Waals surface area (Å²) in [5.74, 6) is 0. The van der Waals surface area contributed by atoms with Crippen molar-refractivity contribution in [2.24, 2.45) is 0 Å². The molecule has 0 aliphatic rings. The van der Waals surface area contributed by atoms with Gasteiger partial charge in [0.2, 0.25) is 10.0 Å². The minimum atomic E-state index is -3.50. The number of nitrogens with one attached hydrogen (secondary N) is 1. The van der Waals surface area contributed by atoms with Gasteiger partial charge in [-0.25, -0.2) is 13.1 Å². The van der Waals surface area contributed by atoms with Crippen molar-refractivity contribution in [3.8, 4) is 0 Å². The smallest absolute Gasteiger partial charge is 0.241 e. The lowest BCUT2D eigenvalue weighted by Crippen LogP contribution is -2.27. The number of nitrogens with zero attached hydrogens (tertiary/aromatic N) is 2. The zero-order valence-corrected chi connectivity index (χ0v) is 15.3. The number of benzene rings is 1. The van der Waals surface area contributed by atoms with Crippen molar-refractivity contribution < 1.29 is 8.42 Å². The highest BCUT2D eigenvalue weighted by atomic mass is 32.2. The lowest BCUT2D eigenvalue weighted by molar-refractivity contribution is 0.552. The third kappa shape index (κ3) is 4.00. The second kappa shape index (κ2) is 6.84. The first-order chi connectivity index (χ1) is 10.7. The van der Waals surface area contributed by atoms with Crippen LogP contribution in [0.4, 0.5) is 0 Å². The van der Waals surface area contributed by atoms with Crippen LogP contribution in [0.3, 0.4) is 0 Å². The Balaban J connectivity index is 2.08. The lowest BCUT2D eigenvalue weighted by atomic mass is 10.0. The fourth-order valence-electron chi connectivity index (χ4n) is 2.69. The third-order valence-electron chi connectivity index (χ3n) is 4.18. The van der Waals surface area contributed by atoms with Gasteiger partial charge in [0.1, 0.15) is 0 Å². The topological polar surface area (TPSA) is 64.0 Å².